The third-order valence-electron chi connectivity index (χ3n) is 2.56. The topological polar surface area (TPSA) is 12.0 Å². The summed E-state index contributed by atoms with van der Waals surface area (Å²) in [7, 11) is 0. The Hall–Kier alpha value is -0.900. The Kier molecular flexibility index (Phi) is 4.75. The van der Waals surface area contributed by atoms with E-state index in [1.165, 1.54) is 12.1 Å². The molecule has 0 amide bonds. The van der Waals surface area contributed by atoms with E-state index in [2.05, 4.69) is 21.2 Å². The maximum atomic E-state index is 12.7. The predicted octanol–water partition coefficient (Wildman–Crippen LogP) is 4.53. The third kappa shape index (κ3) is 3.80. The summed E-state index contributed by atoms with van der Waals surface area (Å²) in [6.45, 7) is 1.45. The fraction of sp³-hybridized carbons (Fsp3) is 0.143. The van der Waals surface area contributed by atoms with Gasteiger partial charge in [0.15, 0.2) is 0 Å². The van der Waals surface area contributed by atoms with Crippen LogP contribution in [0.25, 0.3) is 0 Å². The second kappa shape index (κ2) is 6.32. The van der Waals surface area contributed by atoms with Crippen LogP contribution in [0.4, 0.5) is 4.39 Å². The Labute approximate surface area is 119 Å². The van der Waals surface area contributed by atoms with Crippen LogP contribution in [0.2, 0.25) is 5.02 Å². The number of rotatable bonds is 4. The van der Waals surface area contributed by atoms with Crippen LogP contribution < -0.4 is 5.32 Å². The molecule has 0 aliphatic carbocycles. The first-order valence-electron chi connectivity index (χ1n) is 5.54. The van der Waals surface area contributed by atoms with Crippen molar-refractivity contribution in [3.05, 3.63) is 68.9 Å². The van der Waals surface area contributed by atoms with Gasteiger partial charge in [-0.25, -0.2) is 4.39 Å². The summed E-state index contributed by atoms with van der Waals surface area (Å²) >= 11 is 9.31. The zero-order chi connectivity index (χ0) is 13.0. The largest absolute Gasteiger partial charge is 0.309 e. The molecule has 4 heteroatoms. The van der Waals surface area contributed by atoms with Crippen molar-refractivity contribution in [2.45, 2.75) is 13.1 Å². The van der Waals surface area contributed by atoms with Crippen molar-refractivity contribution >= 4 is 27.5 Å². The summed E-state index contributed by atoms with van der Waals surface area (Å²) < 4.78 is 13.6. The van der Waals surface area contributed by atoms with Crippen LogP contribution in [-0.2, 0) is 13.1 Å². The molecule has 18 heavy (non-hydrogen) atoms. The first-order valence-corrected chi connectivity index (χ1v) is 6.71. The highest BCUT2D eigenvalue weighted by Gasteiger charge is 1.99. The molecule has 0 unspecified atom stereocenters. The zero-order valence-corrected chi connectivity index (χ0v) is 11.9. The van der Waals surface area contributed by atoms with E-state index in [0.29, 0.717) is 11.6 Å². The van der Waals surface area contributed by atoms with E-state index in [1.807, 2.05) is 18.2 Å². The lowest BCUT2D eigenvalue weighted by Gasteiger charge is -2.06. The molecule has 0 saturated carbocycles. The van der Waals surface area contributed by atoms with Gasteiger partial charge in [0.1, 0.15) is 5.82 Å². The zero-order valence-electron chi connectivity index (χ0n) is 9.59. The van der Waals surface area contributed by atoms with Crippen LogP contribution in [-0.4, -0.2) is 0 Å². The maximum Gasteiger partial charge on any atom is 0.123 e. The van der Waals surface area contributed by atoms with Crippen molar-refractivity contribution in [1.82, 2.24) is 5.32 Å². The molecule has 94 valence electrons. The van der Waals surface area contributed by atoms with Gasteiger partial charge in [-0.2, -0.15) is 0 Å². The van der Waals surface area contributed by atoms with E-state index in [4.69, 9.17) is 11.6 Å². The van der Waals surface area contributed by atoms with Crippen molar-refractivity contribution in [3.8, 4) is 0 Å². The number of benzene rings is 2. The Morgan fingerprint density at radius 3 is 2.28 bits per heavy atom. The minimum absolute atomic E-state index is 0.208. The molecule has 2 aromatic rings. The van der Waals surface area contributed by atoms with Gasteiger partial charge >= 0.3 is 0 Å². The van der Waals surface area contributed by atoms with Crippen molar-refractivity contribution in [3.63, 3.8) is 0 Å². The van der Waals surface area contributed by atoms with Crippen LogP contribution >= 0.6 is 27.5 Å². The summed E-state index contributed by atoms with van der Waals surface area (Å²) in [6, 6.07) is 12.3. The molecule has 0 saturated heterocycles. The molecule has 2 rings (SSSR count). The van der Waals surface area contributed by atoms with E-state index < -0.39 is 0 Å². The summed E-state index contributed by atoms with van der Waals surface area (Å²) in [5.74, 6) is -0.208. The Balaban J connectivity index is 1.88. The molecule has 0 atom stereocenters. The number of nitrogens with one attached hydrogen (secondary N) is 1. The fourth-order valence-electron chi connectivity index (χ4n) is 1.60. The number of hydrogen-bond acceptors (Lipinski definition) is 1. The molecule has 0 aliphatic heterocycles. The number of hydrogen-bond donors (Lipinski definition) is 1. The Bertz CT molecular complexity index is 528. The molecular weight excluding hydrogens is 317 g/mol. The molecule has 0 aromatic heterocycles. The van der Waals surface area contributed by atoms with E-state index in [1.54, 1.807) is 12.1 Å². The van der Waals surface area contributed by atoms with Gasteiger partial charge < -0.3 is 5.32 Å². The standard InChI is InChI=1S/C14H12BrClFN/c15-13-7-11(3-6-14(13)16)9-18-8-10-1-4-12(17)5-2-10/h1-7,18H,8-9H2. The lowest BCUT2D eigenvalue weighted by Crippen LogP contribution is -2.12. The van der Waals surface area contributed by atoms with E-state index >= 15 is 0 Å². The van der Waals surface area contributed by atoms with Crippen LogP contribution in [0.15, 0.2) is 46.9 Å². The van der Waals surface area contributed by atoms with Gasteiger partial charge in [-0.15, -0.1) is 0 Å². The smallest absolute Gasteiger partial charge is 0.123 e. The molecular formula is C14H12BrClFN. The third-order valence-corrected chi connectivity index (χ3v) is 3.77. The minimum atomic E-state index is -0.208. The lowest BCUT2D eigenvalue weighted by molar-refractivity contribution is 0.625. The first kappa shape index (κ1) is 13.5. The lowest BCUT2D eigenvalue weighted by atomic mass is 10.2. The average molecular weight is 329 g/mol. The summed E-state index contributed by atoms with van der Waals surface area (Å²) in [6.07, 6.45) is 0. The summed E-state index contributed by atoms with van der Waals surface area (Å²) in [5, 5.41) is 4.00. The van der Waals surface area contributed by atoms with Crippen molar-refractivity contribution in [2.24, 2.45) is 0 Å². The van der Waals surface area contributed by atoms with Crippen LogP contribution in [0.5, 0.6) is 0 Å². The Morgan fingerprint density at radius 2 is 1.61 bits per heavy atom. The molecule has 2 aromatic carbocycles. The van der Waals surface area contributed by atoms with Crippen LogP contribution in [0, 0.1) is 5.82 Å². The molecule has 0 bridgehead atoms. The van der Waals surface area contributed by atoms with Crippen molar-refractivity contribution in [1.29, 1.82) is 0 Å². The molecule has 0 aliphatic rings. The van der Waals surface area contributed by atoms with E-state index in [9.17, 15) is 4.39 Å². The first-order chi connectivity index (χ1) is 8.65. The van der Waals surface area contributed by atoms with Gasteiger partial charge in [-0.1, -0.05) is 29.8 Å². The summed E-state index contributed by atoms with van der Waals surface area (Å²) in [5.41, 5.74) is 2.21. The molecule has 1 nitrogen and oxygen atoms in total. The highest BCUT2D eigenvalue weighted by atomic mass is 79.9. The second-order valence-electron chi connectivity index (χ2n) is 3.98. The van der Waals surface area contributed by atoms with Gasteiger partial charge in [-0.3, -0.25) is 0 Å². The van der Waals surface area contributed by atoms with E-state index in [0.717, 1.165) is 22.1 Å². The highest BCUT2D eigenvalue weighted by molar-refractivity contribution is 9.10. The monoisotopic (exact) mass is 327 g/mol. The van der Waals surface area contributed by atoms with Crippen LogP contribution in [0.3, 0.4) is 0 Å². The van der Waals surface area contributed by atoms with Gasteiger partial charge in [0.25, 0.3) is 0 Å². The molecule has 0 heterocycles. The number of halogens is 3. The second-order valence-corrected chi connectivity index (χ2v) is 5.24. The Morgan fingerprint density at radius 1 is 1.00 bits per heavy atom. The van der Waals surface area contributed by atoms with E-state index in [-0.39, 0.29) is 5.82 Å². The minimum Gasteiger partial charge on any atom is -0.309 e. The highest BCUT2D eigenvalue weighted by Crippen LogP contribution is 2.23. The predicted molar refractivity (Wildman–Crippen MR) is 76.1 cm³/mol. The van der Waals surface area contributed by atoms with Gasteiger partial charge in [0.05, 0.1) is 5.02 Å². The van der Waals surface area contributed by atoms with Gasteiger partial charge in [-0.05, 0) is 51.3 Å². The maximum absolute atomic E-state index is 12.7. The molecule has 1 N–H and O–H groups in total. The molecule has 0 radical (unpaired) electrons. The van der Waals surface area contributed by atoms with Crippen molar-refractivity contribution in [2.75, 3.05) is 0 Å². The van der Waals surface area contributed by atoms with Gasteiger partial charge in [0, 0.05) is 17.6 Å². The van der Waals surface area contributed by atoms with Crippen molar-refractivity contribution < 1.29 is 4.39 Å². The van der Waals surface area contributed by atoms with Crippen LogP contribution in [0.1, 0.15) is 11.1 Å². The molecule has 0 spiro atoms. The SMILES string of the molecule is Fc1ccc(CNCc2ccc(Cl)c(Br)c2)cc1. The molecule has 0 fully saturated rings. The fourth-order valence-corrected chi connectivity index (χ4v) is 2.15. The average Bonchev–Trinajstić information content (AvgIpc) is 2.36. The van der Waals surface area contributed by atoms with Gasteiger partial charge in [0.2, 0.25) is 0 Å². The quantitative estimate of drug-likeness (QED) is 0.869. The summed E-state index contributed by atoms with van der Waals surface area (Å²) in [4.78, 5) is 0. The normalized spacial score (nSPS) is 10.6.